The van der Waals surface area contributed by atoms with Gasteiger partial charge in [0, 0.05) is 10.0 Å². The molecule has 92 valence electrons. The van der Waals surface area contributed by atoms with Crippen molar-refractivity contribution in [1.29, 1.82) is 0 Å². The minimum absolute atomic E-state index is 0.223. The Morgan fingerprint density at radius 1 is 1.61 bits per heavy atom. The first-order chi connectivity index (χ1) is 8.56. The lowest BCUT2D eigenvalue weighted by atomic mass is 10.0. The van der Waals surface area contributed by atoms with Crippen molar-refractivity contribution in [3.05, 3.63) is 46.0 Å². The molecule has 0 atom stereocenters. The van der Waals surface area contributed by atoms with Crippen molar-refractivity contribution >= 4 is 33.7 Å². The number of methoxy groups -OCH3 is 1. The highest BCUT2D eigenvalue weighted by molar-refractivity contribution is 9.10. The van der Waals surface area contributed by atoms with Gasteiger partial charge in [0.05, 0.1) is 7.11 Å². The van der Waals surface area contributed by atoms with E-state index in [9.17, 15) is 9.90 Å². The van der Waals surface area contributed by atoms with E-state index >= 15 is 0 Å². The first-order valence-corrected chi connectivity index (χ1v) is 5.75. The van der Waals surface area contributed by atoms with Gasteiger partial charge in [0.2, 0.25) is 0 Å². The van der Waals surface area contributed by atoms with Crippen LogP contribution in [0.1, 0.15) is 11.1 Å². The molecule has 3 nitrogen and oxygen atoms in total. The lowest BCUT2D eigenvalue weighted by Crippen LogP contribution is -2.06. The van der Waals surface area contributed by atoms with E-state index in [1.165, 1.54) is 7.11 Å². The fourth-order valence-electron chi connectivity index (χ4n) is 1.41. The highest BCUT2D eigenvalue weighted by atomic mass is 79.9. The van der Waals surface area contributed by atoms with Gasteiger partial charge in [0.25, 0.3) is 0 Å². The largest absolute Gasteiger partial charge is 0.506 e. The van der Waals surface area contributed by atoms with Crippen LogP contribution in [0.5, 0.6) is 0 Å². The smallest absolute Gasteiger partial charge is 0.350 e. The van der Waals surface area contributed by atoms with E-state index in [0.717, 1.165) is 4.47 Å². The van der Waals surface area contributed by atoms with Crippen molar-refractivity contribution in [3.8, 4) is 12.3 Å². The SMILES string of the molecule is C#C/C(C(=O)OC)=C(/O)c1cccc(Br)c1C=C. The Morgan fingerprint density at radius 2 is 2.28 bits per heavy atom. The molecule has 0 aliphatic rings. The summed E-state index contributed by atoms with van der Waals surface area (Å²) in [7, 11) is 1.20. The molecule has 0 fully saturated rings. The van der Waals surface area contributed by atoms with Crippen molar-refractivity contribution in [2.24, 2.45) is 0 Å². The molecule has 0 aromatic heterocycles. The molecule has 4 heteroatoms. The molecule has 0 aliphatic carbocycles. The molecule has 0 bridgehead atoms. The minimum atomic E-state index is -0.759. The molecule has 18 heavy (non-hydrogen) atoms. The normalized spacial score (nSPS) is 11.2. The van der Waals surface area contributed by atoms with E-state index in [1.54, 1.807) is 24.3 Å². The molecule has 0 aliphatic heterocycles. The average Bonchev–Trinajstić information content (AvgIpc) is 2.38. The van der Waals surface area contributed by atoms with Gasteiger partial charge in [0.1, 0.15) is 5.76 Å². The Morgan fingerprint density at radius 3 is 2.78 bits per heavy atom. The zero-order chi connectivity index (χ0) is 13.7. The van der Waals surface area contributed by atoms with Crippen LogP contribution < -0.4 is 0 Å². The monoisotopic (exact) mass is 306 g/mol. The summed E-state index contributed by atoms with van der Waals surface area (Å²) >= 11 is 3.33. The summed E-state index contributed by atoms with van der Waals surface area (Å²) in [5.74, 6) is 1.06. The van der Waals surface area contributed by atoms with Crippen LogP contribution in [0.2, 0.25) is 0 Å². The number of carbonyl (C=O) groups is 1. The molecule has 0 saturated carbocycles. The Bertz CT molecular complexity index is 565. The van der Waals surface area contributed by atoms with E-state index in [2.05, 4.69) is 33.2 Å². The predicted octanol–water partition coefficient (Wildman–Crippen LogP) is 3.17. The Labute approximate surface area is 114 Å². The van der Waals surface area contributed by atoms with E-state index in [0.29, 0.717) is 11.1 Å². The second kappa shape index (κ2) is 6.08. The highest BCUT2D eigenvalue weighted by Gasteiger charge is 2.17. The third-order valence-electron chi connectivity index (χ3n) is 2.28. The molecule has 0 spiro atoms. The van der Waals surface area contributed by atoms with Crippen LogP contribution in [0, 0.1) is 12.3 Å². The fourth-order valence-corrected chi connectivity index (χ4v) is 1.94. The highest BCUT2D eigenvalue weighted by Crippen LogP contribution is 2.27. The Balaban J connectivity index is 3.51. The number of halogens is 1. The van der Waals surface area contributed by atoms with E-state index in [1.807, 2.05) is 0 Å². The van der Waals surface area contributed by atoms with E-state index in [4.69, 9.17) is 6.42 Å². The first-order valence-electron chi connectivity index (χ1n) is 4.96. The molecular formula is C14H11BrO3. The van der Waals surface area contributed by atoms with Gasteiger partial charge in [-0.1, -0.05) is 46.6 Å². The number of terminal acetylenes is 1. The summed E-state index contributed by atoms with van der Waals surface area (Å²) in [5, 5.41) is 10.1. The number of hydrogen-bond acceptors (Lipinski definition) is 3. The van der Waals surface area contributed by atoms with Crippen LogP contribution in [-0.2, 0) is 9.53 Å². The van der Waals surface area contributed by atoms with E-state index < -0.39 is 5.97 Å². The number of aliphatic hydroxyl groups excluding tert-OH is 1. The molecule has 0 radical (unpaired) electrons. The van der Waals surface area contributed by atoms with Gasteiger partial charge < -0.3 is 9.84 Å². The summed E-state index contributed by atoms with van der Waals surface area (Å²) in [5.41, 5.74) is 0.836. The van der Waals surface area contributed by atoms with Crippen LogP contribution >= 0.6 is 15.9 Å². The summed E-state index contributed by atoms with van der Waals surface area (Å²) in [4.78, 5) is 11.4. The molecule has 1 N–H and O–H groups in total. The Kier molecular flexibility index (Phi) is 4.75. The van der Waals surface area contributed by atoms with Crippen molar-refractivity contribution in [3.63, 3.8) is 0 Å². The molecule has 0 unspecified atom stereocenters. The van der Waals surface area contributed by atoms with Crippen molar-refractivity contribution in [2.45, 2.75) is 0 Å². The van der Waals surface area contributed by atoms with Crippen LogP contribution in [0.4, 0.5) is 0 Å². The number of aliphatic hydroxyl groups is 1. The minimum Gasteiger partial charge on any atom is -0.506 e. The lowest BCUT2D eigenvalue weighted by molar-refractivity contribution is -0.135. The maximum atomic E-state index is 11.4. The zero-order valence-corrected chi connectivity index (χ0v) is 11.3. The quantitative estimate of drug-likeness (QED) is 0.404. The second-order valence-corrected chi connectivity index (χ2v) is 4.12. The zero-order valence-electron chi connectivity index (χ0n) is 9.74. The fraction of sp³-hybridized carbons (Fsp3) is 0.0714. The number of benzene rings is 1. The summed E-state index contributed by atoms with van der Waals surface area (Å²) in [6.45, 7) is 3.65. The van der Waals surface area contributed by atoms with Gasteiger partial charge in [-0.3, -0.25) is 0 Å². The summed E-state index contributed by atoms with van der Waals surface area (Å²) in [6, 6.07) is 5.15. The van der Waals surface area contributed by atoms with Crippen molar-refractivity contribution < 1.29 is 14.6 Å². The molecule has 0 amide bonds. The number of carbonyl (C=O) groups excluding carboxylic acids is 1. The Hall–Kier alpha value is -1.99. The molecular weight excluding hydrogens is 296 g/mol. The van der Waals surface area contributed by atoms with Gasteiger partial charge in [-0.05, 0) is 11.6 Å². The van der Waals surface area contributed by atoms with Crippen LogP contribution in [0.15, 0.2) is 34.8 Å². The maximum Gasteiger partial charge on any atom is 0.350 e. The topological polar surface area (TPSA) is 46.5 Å². The molecule has 0 saturated heterocycles. The second-order valence-electron chi connectivity index (χ2n) is 3.26. The molecule has 1 aromatic rings. The predicted molar refractivity (Wildman–Crippen MR) is 74.6 cm³/mol. The van der Waals surface area contributed by atoms with Crippen LogP contribution in [-0.4, -0.2) is 18.2 Å². The van der Waals surface area contributed by atoms with Gasteiger partial charge in [0.15, 0.2) is 5.57 Å². The van der Waals surface area contributed by atoms with E-state index in [-0.39, 0.29) is 11.3 Å². The van der Waals surface area contributed by atoms with Crippen LogP contribution in [0.3, 0.4) is 0 Å². The van der Waals surface area contributed by atoms with Gasteiger partial charge in [-0.15, -0.1) is 6.42 Å². The third-order valence-corrected chi connectivity index (χ3v) is 2.97. The molecule has 0 heterocycles. The maximum absolute atomic E-state index is 11.4. The summed E-state index contributed by atoms with van der Waals surface area (Å²) < 4.78 is 5.25. The van der Waals surface area contributed by atoms with Crippen molar-refractivity contribution in [2.75, 3.05) is 7.11 Å². The van der Waals surface area contributed by atoms with Gasteiger partial charge in [-0.2, -0.15) is 0 Å². The van der Waals surface area contributed by atoms with Gasteiger partial charge in [-0.25, -0.2) is 4.79 Å². The number of esters is 1. The molecule has 1 aromatic carbocycles. The summed E-state index contributed by atoms with van der Waals surface area (Å²) in [6.07, 6.45) is 6.77. The standard InChI is InChI=1S/C14H11BrO3/c1-4-9-11(7-6-8-12(9)15)13(16)10(5-2)14(17)18-3/h2,4,6-8,16H,1H2,3H3/b13-10-. The number of ether oxygens (including phenoxy) is 1. The van der Waals surface area contributed by atoms with Gasteiger partial charge >= 0.3 is 5.97 Å². The number of rotatable bonds is 3. The van der Waals surface area contributed by atoms with Crippen molar-refractivity contribution in [1.82, 2.24) is 0 Å². The lowest BCUT2D eigenvalue weighted by Gasteiger charge is -2.09. The average molecular weight is 307 g/mol. The molecule has 1 rings (SSSR count). The first kappa shape index (κ1) is 14.1. The van der Waals surface area contributed by atoms with Crippen LogP contribution in [0.25, 0.3) is 11.8 Å². The number of hydrogen-bond donors (Lipinski definition) is 1. The third kappa shape index (κ3) is 2.63.